The van der Waals surface area contributed by atoms with Crippen molar-refractivity contribution < 1.29 is 4.21 Å². The predicted octanol–water partition coefficient (Wildman–Crippen LogP) is 1.57. The Kier molecular flexibility index (Phi) is 6.81. The molecule has 0 fully saturated rings. The summed E-state index contributed by atoms with van der Waals surface area (Å²) in [6.45, 7) is 2.09. The van der Waals surface area contributed by atoms with Crippen LogP contribution in [0.2, 0.25) is 0 Å². The van der Waals surface area contributed by atoms with Gasteiger partial charge in [-0.05, 0) is 19.1 Å². The molecular weight excluding hydrogens is 146 g/mol. The van der Waals surface area contributed by atoms with Gasteiger partial charge in [0.05, 0.1) is 0 Å². The van der Waals surface area contributed by atoms with Crippen molar-refractivity contribution in [3.63, 3.8) is 0 Å². The maximum atomic E-state index is 11.0. The molecule has 0 radical (unpaired) electrons. The Hall–Kier alpha value is -0.180. The summed E-state index contributed by atoms with van der Waals surface area (Å²) in [6, 6.07) is 0. The Morgan fingerprint density at radius 3 is 2.70 bits per heavy atom. The summed E-state index contributed by atoms with van der Waals surface area (Å²) in [4.78, 5) is 0. The number of rotatable bonds is 6. The maximum Gasteiger partial charge on any atom is 0.0284 e. The van der Waals surface area contributed by atoms with E-state index in [1.54, 1.807) is 0 Å². The van der Waals surface area contributed by atoms with E-state index in [0.29, 0.717) is 12.2 Å². The molecule has 0 aliphatic rings. The molecule has 0 aromatic heterocycles. The largest absolute Gasteiger partial charge is 0.313 e. The third kappa shape index (κ3) is 5.95. The van der Waals surface area contributed by atoms with Crippen molar-refractivity contribution in [1.82, 2.24) is 0 Å². The van der Waals surface area contributed by atoms with Gasteiger partial charge in [0.1, 0.15) is 0 Å². The first-order chi connectivity index (χ1) is 4.81. The van der Waals surface area contributed by atoms with Gasteiger partial charge < -0.3 is 5.41 Å². The molecule has 0 saturated heterocycles. The summed E-state index contributed by atoms with van der Waals surface area (Å²) in [5.41, 5.74) is 0. The Labute approximate surface area is 65.0 Å². The number of hydrogen-bond donors (Lipinski definition) is 1. The molecule has 0 amide bonds. The first-order valence-electron chi connectivity index (χ1n) is 3.65. The standard InChI is InChI=1S/C7H15NOS/c1-2-3-6-10(9)7-4-5-8/h5,8H,2-4,6-7H2,1H3. The van der Waals surface area contributed by atoms with Crippen LogP contribution in [0.25, 0.3) is 0 Å². The second-order valence-corrected chi connectivity index (χ2v) is 3.89. The number of nitrogens with one attached hydrogen (secondary N) is 1. The van der Waals surface area contributed by atoms with E-state index in [2.05, 4.69) is 6.92 Å². The number of unbranched alkanes of at least 4 members (excludes halogenated alkanes) is 1. The zero-order valence-electron chi connectivity index (χ0n) is 6.43. The van der Waals surface area contributed by atoms with Crippen LogP contribution in [-0.2, 0) is 10.8 Å². The van der Waals surface area contributed by atoms with Crippen LogP contribution in [0.15, 0.2) is 0 Å². The van der Waals surface area contributed by atoms with Crippen molar-refractivity contribution in [3.05, 3.63) is 0 Å². The molecule has 0 spiro atoms. The summed E-state index contributed by atoms with van der Waals surface area (Å²) < 4.78 is 11.0. The van der Waals surface area contributed by atoms with E-state index in [-0.39, 0.29) is 0 Å². The van der Waals surface area contributed by atoms with Crippen molar-refractivity contribution in [2.75, 3.05) is 11.5 Å². The Morgan fingerprint density at radius 2 is 2.20 bits per heavy atom. The predicted molar refractivity (Wildman–Crippen MR) is 46.2 cm³/mol. The molecule has 0 heterocycles. The van der Waals surface area contributed by atoms with Gasteiger partial charge in [0.15, 0.2) is 0 Å². The van der Waals surface area contributed by atoms with E-state index in [0.717, 1.165) is 18.6 Å². The molecule has 1 N–H and O–H groups in total. The third-order valence-electron chi connectivity index (χ3n) is 1.22. The van der Waals surface area contributed by atoms with Gasteiger partial charge in [-0.3, -0.25) is 4.21 Å². The van der Waals surface area contributed by atoms with Gasteiger partial charge in [0.2, 0.25) is 0 Å². The first kappa shape index (κ1) is 9.82. The van der Waals surface area contributed by atoms with E-state index in [1.165, 1.54) is 6.21 Å². The van der Waals surface area contributed by atoms with Crippen molar-refractivity contribution >= 4 is 17.0 Å². The van der Waals surface area contributed by atoms with Gasteiger partial charge in [-0.1, -0.05) is 13.3 Å². The molecule has 0 aromatic rings. The quantitative estimate of drug-likeness (QED) is 0.590. The van der Waals surface area contributed by atoms with Gasteiger partial charge in [-0.15, -0.1) is 0 Å². The molecule has 0 aliphatic carbocycles. The minimum Gasteiger partial charge on any atom is -0.313 e. The molecule has 60 valence electrons. The minimum atomic E-state index is -0.671. The summed E-state index contributed by atoms with van der Waals surface area (Å²) in [5, 5.41) is 6.71. The average Bonchev–Trinajstić information content (AvgIpc) is 1.97. The Morgan fingerprint density at radius 1 is 1.50 bits per heavy atom. The molecule has 0 aliphatic heterocycles. The molecule has 1 atom stereocenters. The zero-order valence-corrected chi connectivity index (χ0v) is 7.25. The average molecular weight is 161 g/mol. The molecule has 3 heteroatoms. The summed E-state index contributed by atoms with van der Waals surface area (Å²) in [7, 11) is -0.671. The lowest BCUT2D eigenvalue weighted by Gasteiger charge is -1.96. The maximum absolute atomic E-state index is 11.0. The van der Waals surface area contributed by atoms with E-state index >= 15 is 0 Å². The van der Waals surface area contributed by atoms with Crippen LogP contribution in [0, 0.1) is 5.41 Å². The van der Waals surface area contributed by atoms with E-state index < -0.39 is 10.8 Å². The fraction of sp³-hybridized carbons (Fsp3) is 0.857. The second kappa shape index (κ2) is 6.93. The second-order valence-electron chi connectivity index (χ2n) is 2.19. The molecule has 0 aromatic carbocycles. The molecule has 0 bridgehead atoms. The van der Waals surface area contributed by atoms with E-state index in [1.807, 2.05) is 0 Å². The van der Waals surface area contributed by atoms with E-state index in [4.69, 9.17) is 5.41 Å². The highest BCUT2D eigenvalue weighted by Crippen LogP contribution is 1.92. The lowest BCUT2D eigenvalue weighted by Crippen LogP contribution is -2.02. The van der Waals surface area contributed by atoms with Crippen LogP contribution >= 0.6 is 0 Å². The van der Waals surface area contributed by atoms with Crippen LogP contribution in [0.1, 0.15) is 26.2 Å². The van der Waals surface area contributed by atoms with Crippen LogP contribution in [0.3, 0.4) is 0 Å². The molecule has 10 heavy (non-hydrogen) atoms. The minimum absolute atomic E-state index is 0.663. The van der Waals surface area contributed by atoms with Gasteiger partial charge in [-0.2, -0.15) is 0 Å². The SMILES string of the molecule is CCCCS(=O)CCC=N. The summed E-state index contributed by atoms with van der Waals surface area (Å²) in [6.07, 6.45) is 4.14. The fourth-order valence-corrected chi connectivity index (χ4v) is 1.79. The highest BCUT2D eigenvalue weighted by molar-refractivity contribution is 7.84. The van der Waals surface area contributed by atoms with Gasteiger partial charge in [-0.25, -0.2) is 0 Å². The normalized spacial score (nSPS) is 12.9. The summed E-state index contributed by atoms with van der Waals surface area (Å²) in [5.74, 6) is 1.48. The highest BCUT2D eigenvalue weighted by atomic mass is 32.2. The van der Waals surface area contributed by atoms with Crippen LogP contribution < -0.4 is 0 Å². The van der Waals surface area contributed by atoms with Crippen molar-refractivity contribution in [1.29, 1.82) is 5.41 Å². The first-order valence-corrected chi connectivity index (χ1v) is 5.14. The molecular formula is C7H15NOS. The third-order valence-corrected chi connectivity index (χ3v) is 2.65. The van der Waals surface area contributed by atoms with Crippen molar-refractivity contribution in [2.24, 2.45) is 0 Å². The number of hydrogen-bond acceptors (Lipinski definition) is 2. The smallest absolute Gasteiger partial charge is 0.0284 e. The molecule has 0 saturated carbocycles. The topological polar surface area (TPSA) is 40.9 Å². The Balaban J connectivity index is 3.16. The molecule has 0 rings (SSSR count). The van der Waals surface area contributed by atoms with Crippen LogP contribution in [-0.4, -0.2) is 21.9 Å². The monoisotopic (exact) mass is 161 g/mol. The van der Waals surface area contributed by atoms with Gasteiger partial charge in [0.25, 0.3) is 0 Å². The zero-order chi connectivity index (χ0) is 7.82. The Bertz CT molecular complexity index is 114. The van der Waals surface area contributed by atoms with Crippen molar-refractivity contribution in [2.45, 2.75) is 26.2 Å². The lowest BCUT2D eigenvalue weighted by molar-refractivity contribution is 0.679. The van der Waals surface area contributed by atoms with E-state index in [9.17, 15) is 4.21 Å². The lowest BCUT2D eigenvalue weighted by atomic mass is 10.4. The fourth-order valence-electron chi connectivity index (χ4n) is 0.598. The van der Waals surface area contributed by atoms with Crippen LogP contribution in [0.5, 0.6) is 0 Å². The highest BCUT2D eigenvalue weighted by Gasteiger charge is 1.95. The van der Waals surface area contributed by atoms with Gasteiger partial charge >= 0.3 is 0 Å². The molecule has 2 nitrogen and oxygen atoms in total. The summed E-state index contributed by atoms with van der Waals surface area (Å²) >= 11 is 0. The molecule has 1 unspecified atom stereocenters. The van der Waals surface area contributed by atoms with Crippen molar-refractivity contribution in [3.8, 4) is 0 Å². The van der Waals surface area contributed by atoms with Crippen LogP contribution in [0.4, 0.5) is 0 Å². The van der Waals surface area contributed by atoms with Gasteiger partial charge in [0, 0.05) is 22.3 Å².